The predicted octanol–water partition coefficient (Wildman–Crippen LogP) is 2.41. The van der Waals surface area contributed by atoms with Crippen LogP contribution in [0.4, 0.5) is 0 Å². The second-order valence-corrected chi connectivity index (χ2v) is 3.72. The third-order valence-corrected chi connectivity index (χ3v) is 2.42. The molecule has 0 aromatic heterocycles. The second kappa shape index (κ2) is 2.91. The zero-order valence-electron chi connectivity index (χ0n) is 7.42. The Morgan fingerprint density at radius 3 is 2.58 bits per heavy atom. The molecule has 0 spiro atoms. The van der Waals surface area contributed by atoms with Gasteiger partial charge in [0, 0.05) is 0 Å². The highest BCUT2D eigenvalue weighted by molar-refractivity contribution is 5.15. The van der Waals surface area contributed by atoms with Crippen molar-refractivity contribution in [2.24, 2.45) is 0 Å². The SMILES string of the molecule is C[C@@]1(CCc2ccccc2)CO1. The summed E-state index contributed by atoms with van der Waals surface area (Å²) in [5.74, 6) is 0. The summed E-state index contributed by atoms with van der Waals surface area (Å²) in [7, 11) is 0. The number of epoxide rings is 1. The van der Waals surface area contributed by atoms with Gasteiger partial charge in [-0.3, -0.25) is 0 Å². The van der Waals surface area contributed by atoms with Gasteiger partial charge in [-0.2, -0.15) is 0 Å². The van der Waals surface area contributed by atoms with Crippen molar-refractivity contribution in [2.75, 3.05) is 6.61 Å². The van der Waals surface area contributed by atoms with Crippen LogP contribution in [0.1, 0.15) is 18.9 Å². The van der Waals surface area contributed by atoms with E-state index in [0.29, 0.717) is 0 Å². The molecule has 1 atom stereocenters. The molecule has 1 nitrogen and oxygen atoms in total. The average Bonchev–Trinajstić information content (AvgIpc) is 2.84. The van der Waals surface area contributed by atoms with Crippen LogP contribution in [0.25, 0.3) is 0 Å². The van der Waals surface area contributed by atoms with Crippen molar-refractivity contribution in [3.05, 3.63) is 35.9 Å². The van der Waals surface area contributed by atoms with Crippen LogP contribution in [0.15, 0.2) is 30.3 Å². The first-order valence-electron chi connectivity index (χ1n) is 4.46. The topological polar surface area (TPSA) is 12.5 Å². The lowest BCUT2D eigenvalue weighted by molar-refractivity contribution is 0.309. The molecular weight excluding hydrogens is 148 g/mol. The quantitative estimate of drug-likeness (QED) is 0.622. The van der Waals surface area contributed by atoms with Gasteiger partial charge in [-0.1, -0.05) is 30.3 Å². The standard InChI is InChI=1S/C11H14O/c1-11(9-12-11)8-7-10-5-3-2-4-6-10/h2-6H,7-9H2,1H3/t11-/m1/s1. The zero-order chi connectivity index (χ0) is 8.44. The molecule has 12 heavy (non-hydrogen) atoms. The van der Waals surface area contributed by atoms with Crippen molar-refractivity contribution in [1.29, 1.82) is 0 Å². The van der Waals surface area contributed by atoms with Gasteiger partial charge in [0.15, 0.2) is 0 Å². The molecule has 1 heterocycles. The van der Waals surface area contributed by atoms with Crippen LogP contribution in [0.5, 0.6) is 0 Å². The Bertz CT molecular complexity index is 249. The van der Waals surface area contributed by atoms with E-state index in [2.05, 4.69) is 37.3 Å². The molecular formula is C11H14O. The van der Waals surface area contributed by atoms with Gasteiger partial charge in [-0.25, -0.2) is 0 Å². The minimum absolute atomic E-state index is 0.204. The highest BCUT2D eigenvalue weighted by Gasteiger charge is 2.38. The van der Waals surface area contributed by atoms with Crippen LogP contribution < -0.4 is 0 Å². The maximum absolute atomic E-state index is 5.32. The summed E-state index contributed by atoms with van der Waals surface area (Å²) in [6, 6.07) is 10.6. The summed E-state index contributed by atoms with van der Waals surface area (Å²) in [5.41, 5.74) is 1.62. The van der Waals surface area contributed by atoms with Crippen LogP contribution in [-0.4, -0.2) is 12.2 Å². The molecule has 1 heteroatoms. The van der Waals surface area contributed by atoms with E-state index in [1.807, 2.05) is 0 Å². The molecule has 0 radical (unpaired) electrons. The molecule has 1 aliphatic heterocycles. The normalized spacial score (nSPS) is 27.1. The number of aryl methyl sites for hydroxylation is 1. The summed E-state index contributed by atoms with van der Waals surface area (Å²) in [5, 5.41) is 0. The molecule has 64 valence electrons. The van der Waals surface area contributed by atoms with Crippen LogP contribution in [-0.2, 0) is 11.2 Å². The molecule has 0 bridgehead atoms. The van der Waals surface area contributed by atoms with Gasteiger partial charge in [0.2, 0.25) is 0 Å². The van der Waals surface area contributed by atoms with E-state index in [1.165, 1.54) is 5.56 Å². The lowest BCUT2D eigenvalue weighted by Crippen LogP contribution is -2.05. The number of hydrogen-bond donors (Lipinski definition) is 0. The minimum atomic E-state index is 0.204. The Hall–Kier alpha value is -0.820. The fourth-order valence-electron chi connectivity index (χ4n) is 1.32. The molecule has 1 saturated heterocycles. The van der Waals surface area contributed by atoms with Gasteiger partial charge >= 0.3 is 0 Å². The van der Waals surface area contributed by atoms with Crippen LogP contribution in [0.3, 0.4) is 0 Å². The molecule has 1 aliphatic rings. The second-order valence-electron chi connectivity index (χ2n) is 3.72. The molecule has 0 unspecified atom stereocenters. The maximum Gasteiger partial charge on any atom is 0.0891 e. The summed E-state index contributed by atoms with van der Waals surface area (Å²) in [4.78, 5) is 0. The molecule has 1 aromatic carbocycles. The van der Waals surface area contributed by atoms with Crippen molar-refractivity contribution >= 4 is 0 Å². The Labute approximate surface area is 73.4 Å². The van der Waals surface area contributed by atoms with E-state index in [0.717, 1.165) is 19.4 Å². The number of benzene rings is 1. The van der Waals surface area contributed by atoms with Gasteiger partial charge in [-0.15, -0.1) is 0 Å². The van der Waals surface area contributed by atoms with Gasteiger partial charge in [0.1, 0.15) is 0 Å². The van der Waals surface area contributed by atoms with Crippen molar-refractivity contribution < 1.29 is 4.74 Å². The summed E-state index contributed by atoms with van der Waals surface area (Å²) >= 11 is 0. The summed E-state index contributed by atoms with van der Waals surface area (Å²) in [6.07, 6.45) is 2.29. The Balaban J connectivity index is 1.88. The Morgan fingerprint density at radius 1 is 1.33 bits per heavy atom. The molecule has 0 N–H and O–H groups in total. The highest BCUT2D eigenvalue weighted by Crippen LogP contribution is 2.30. The van der Waals surface area contributed by atoms with E-state index < -0.39 is 0 Å². The molecule has 0 saturated carbocycles. The fourth-order valence-corrected chi connectivity index (χ4v) is 1.32. The van der Waals surface area contributed by atoms with Crippen LogP contribution >= 0.6 is 0 Å². The third-order valence-electron chi connectivity index (χ3n) is 2.42. The first-order valence-corrected chi connectivity index (χ1v) is 4.46. The van der Waals surface area contributed by atoms with Crippen molar-refractivity contribution in [3.63, 3.8) is 0 Å². The maximum atomic E-state index is 5.32. The van der Waals surface area contributed by atoms with Gasteiger partial charge < -0.3 is 4.74 Å². The first kappa shape index (κ1) is 7.81. The fraction of sp³-hybridized carbons (Fsp3) is 0.455. The average molecular weight is 162 g/mol. The van der Waals surface area contributed by atoms with Crippen molar-refractivity contribution in [3.8, 4) is 0 Å². The van der Waals surface area contributed by atoms with E-state index >= 15 is 0 Å². The van der Waals surface area contributed by atoms with Crippen LogP contribution in [0, 0.1) is 0 Å². The van der Waals surface area contributed by atoms with Gasteiger partial charge in [-0.05, 0) is 25.3 Å². The van der Waals surface area contributed by atoms with Gasteiger partial charge in [0.05, 0.1) is 12.2 Å². The summed E-state index contributed by atoms with van der Waals surface area (Å²) < 4.78 is 5.32. The lowest BCUT2D eigenvalue weighted by atomic mass is 10.0. The van der Waals surface area contributed by atoms with Crippen molar-refractivity contribution in [2.45, 2.75) is 25.4 Å². The van der Waals surface area contributed by atoms with Gasteiger partial charge in [0.25, 0.3) is 0 Å². The smallest absolute Gasteiger partial charge is 0.0891 e. The van der Waals surface area contributed by atoms with Crippen molar-refractivity contribution in [1.82, 2.24) is 0 Å². The molecule has 1 aromatic rings. The number of ether oxygens (including phenoxy) is 1. The Kier molecular flexibility index (Phi) is 1.89. The zero-order valence-corrected chi connectivity index (χ0v) is 7.42. The van der Waals surface area contributed by atoms with E-state index in [1.54, 1.807) is 0 Å². The monoisotopic (exact) mass is 162 g/mol. The van der Waals surface area contributed by atoms with E-state index in [4.69, 9.17) is 4.74 Å². The Morgan fingerprint density at radius 2 is 2.00 bits per heavy atom. The largest absolute Gasteiger partial charge is 0.370 e. The molecule has 2 rings (SSSR count). The molecule has 1 fully saturated rings. The van der Waals surface area contributed by atoms with Crippen LogP contribution in [0.2, 0.25) is 0 Å². The lowest BCUT2D eigenvalue weighted by Gasteiger charge is -2.03. The van der Waals surface area contributed by atoms with E-state index in [-0.39, 0.29) is 5.60 Å². The number of rotatable bonds is 3. The third kappa shape index (κ3) is 1.86. The number of hydrogen-bond acceptors (Lipinski definition) is 1. The first-order chi connectivity index (χ1) is 5.79. The molecule has 0 aliphatic carbocycles. The highest BCUT2D eigenvalue weighted by atomic mass is 16.6. The predicted molar refractivity (Wildman–Crippen MR) is 49.1 cm³/mol. The summed E-state index contributed by atoms with van der Waals surface area (Å²) in [6.45, 7) is 3.12. The van der Waals surface area contributed by atoms with E-state index in [9.17, 15) is 0 Å². The minimum Gasteiger partial charge on any atom is -0.370 e. The molecule has 0 amide bonds.